The zero-order valence-corrected chi connectivity index (χ0v) is 6.74. The summed E-state index contributed by atoms with van der Waals surface area (Å²) < 4.78 is 0. The molecule has 0 aromatic heterocycles. The summed E-state index contributed by atoms with van der Waals surface area (Å²) >= 11 is 0. The number of hydrogen-bond acceptors (Lipinski definition) is 0. The van der Waals surface area contributed by atoms with E-state index in [0.717, 1.165) is 19.3 Å². The van der Waals surface area contributed by atoms with Crippen molar-refractivity contribution in [2.45, 2.75) is 19.3 Å². The summed E-state index contributed by atoms with van der Waals surface area (Å²) in [6, 6.07) is 0. The van der Waals surface area contributed by atoms with Crippen molar-refractivity contribution in [2.24, 2.45) is 0 Å². The third kappa shape index (κ3) is 4.38. The molecule has 1 rings (SSSR count). The van der Waals surface area contributed by atoms with E-state index in [9.17, 15) is 0 Å². The van der Waals surface area contributed by atoms with Crippen LogP contribution in [0.4, 0.5) is 0 Å². The molecule has 0 amide bonds. The summed E-state index contributed by atoms with van der Waals surface area (Å²) in [7, 11) is 0. The predicted molar refractivity (Wildman–Crippen MR) is 50.4 cm³/mol. The lowest BCUT2D eigenvalue weighted by Crippen LogP contribution is -1.59. The second kappa shape index (κ2) is 5.72. The summed E-state index contributed by atoms with van der Waals surface area (Å²) in [5.74, 6) is 0. The van der Waals surface area contributed by atoms with Crippen molar-refractivity contribution in [3.05, 3.63) is 48.6 Å². The summed E-state index contributed by atoms with van der Waals surface area (Å²) in [5, 5.41) is 0. The highest BCUT2D eigenvalue weighted by molar-refractivity contribution is 5.08. The summed E-state index contributed by atoms with van der Waals surface area (Å²) in [4.78, 5) is 0. The fourth-order valence-electron chi connectivity index (χ4n) is 0.935. The lowest BCUT2D eigenvalue weighted by molar-refractivity contribution is 1.29. The van der Waals surface area contributed by atoms with Crippen LogP contribution in [0.2, 0.25) is 0 Å². The minimum Gasteiger partial charge on any atom is -0.0844 e. The molecule has 0 unspecified atom stereocenters. The second-order valence-electron chi connectivity index (χ2n) is 2.51. The third-order valence-electron chi connectivity index (χ3n) is 1.53. The Labute approximate surface area is 68.6 Å². The Morgan fingerprint density at radius 3 is 1.27 bits per heavy atom. The van der Waals surface area contributed by atoms with Crippen LogP contribution in [0.3, 0.4) is 0 Å². The van der Waals surface area contributed by atoms with Crippen molar-refractivity contribution in [3.63, 3.8) is 0 Å². The number of hydrogen-bond donors (Lipinski definition) is 0. The van der Waals surface area contributed by atoms with Crippen LogP contribution < -0.4 is 0 Å². The molecule has 0 aromatic carbocycles. The standard InChI is InChI=1S/C11H14/c1-2-4-6-8-10-11-9-7-5-3-1/h1-4,7-10H,5-6,11H2/b3-1-,4-2?,9-7-,10-8-. The molecule has 0 bridgehead atoms. The van der Waals surface area contributed by atoms with E-state index in [0.29, 0.717) is 0 Å². The predicted octanol–water partition coefficient (Wildman–Crippen LogP) is 3.40. The van der Waals surface area contributed by atoms with Crippen LogP contribution in [0.5, 0.6) is 0 Å². The van der Waals surface area contributed by atoms with Crippen LogP contribution in [0.25, 0.3) is 0 Å². The van der Waals surface area contributed by atoms with Crippen molar-refractivity contribution >= 4 is 0 Å². The molecule has 0 fully saturated rings. The molecule has 0 N–H and O–H groups in total. The lowest BCUT2D eigenvalue weighted by atomic mass is 10.3. The topological polar surface area (TPSA) is 0 Å². The zero-order valence-electron chi connectivity index (χ0n) is 6.74. The first-order chi connectivity index (χ1) is 5.50. The van der Waals surface area contributed by atoms with E-state index in [2.05, 4.69) is 48.6 Å². The minimum absolute atomic E-state index is 1.05. The van der Waals surface area contributed by atoms with Crippen LogP contribution in [0.1, 0.15) is 19.3 Å². The highest BCUT2D eigenvalue weighted by Gasteiger charge is 1.75. The molecule has 0 spiro atoms. The molecule has 0 aromatic rings. The van der Waals surface area contributed by atoms with Crippen molar-refractivity contribution < 1.29 is 0 Å². The molecular formula is C11H14. The Morgan fingerprint density at radius 2 is 0.818 bits per heavy atom. The van der Waals surface area contributed by atoms with Crippen LogP contribution in [-0.4, -0.2) is 0 Å². The van der Waals surface area contributed by atoms with Gasteiger partial charge in [-0.25, -0.2) is 0 Å². The van der Waals surface area contributed by atoms with Gasteiger partial charge < -0.3 is 0 Å². The van der Waals surface area contributed by atoms with Gasteiger partial charge in [0, 0.05) is 0 Å². The van der Waals surface area contributed by atoms with Gasteiger partial charge >= 0.3 is 0 Å². The Morgan fingerprint density at radius 1 is 0.455 bits per heavy atom. The molecular weight excluding hydrogens is 132 g/mol. The van der Waals surface area contributed by atoms with Crippen molar-refractivity contribution in [1.29, 1.82) is 0 Å². The van der Waals surface area contributed by atoms with Gasteiger partial charge in [-0.1, -0.05) is 48.6 Å². The van der Waals surface area contributed by atoms with Gasteiger partial charge in [0.15, 0.2) is 0 Å². The van der Waals surface area contributed by atoms with Gasteiger partial charge in [-0.2, -0.15) is 0 Å². The van der Waals surface area contributed by atoms with Gasteiger partial charge in [-0.15, -0.1) is 0 Å². The van der Waals surface area contributed by atoms with Gasteiger partial charge in [-0.3, -0.25) is 0 Å². The molecule has 11 heavy (non-hydrogen) atoms. The molecule has 0 heteroatoms. The average molecular weight is 146 g/mol. The van der Waals surface area contributed by atoms with E-state index < -0.39 is 0 Å². The van der Waals surface area contributed by atoms with E-state index in [-0.39, 0.29) is 0 Å². The molecule has 0 radical (unpaired) electrons. The maximum atomic E-state index is 2.20. The first-order valence-corrected chi connectivity index (χ1v) is 4.12. The van der Waals surface area contributed by atoms with E-state index >= 15 is 0 Å². The van der Waals surface area contributed by atoms with E-state index in [4.69, 9.17) is 0 Å². The molecule has 0 saturated carbocycles. The quantitative estimate of drug-likeness (QED) is 0.459. The molecule has 1 aliphatic rings. The van der Waals surface area contributed by atoms with Gasteiger partial charge in [0.25, 0.3) is 0 Å². The molecule has 1 aliphatic carbocycles. The highest BCUT2D eigenvalue weighted by Crippen LogP contribution is 1.96. The van der Waals surface area contributed by atoms with Crippen LogP contribution in [0, 0.1) is 0 Å². The Balaban J connectivity index is 2.47. The molecule has 0 heterocycles. The summed E-state index contributed by atoms with van der Waals surface area (Å²) in [6.07, 6.45) is 20.5. The highest BCUT2D eigenvalue weighted by atomic mass is 13.8. The second-order valence-corrected chi connectivity index (χ2v) is 2.51. The van der Waals surface area contributed by atoms with Gasteiger partial charge in [0.2, 0.25) is 0 Å². The maximum absolute atomic E-state index is 2.20. The van der Waals surface area contributed by atoms with Crippen LogP contribution >= 0.6 is 0 Å². The fourth-order valence-corrected chi connectivity index (χ4v) is 0.935. The van der Waals surface area contributed by atoms with Gasteiger partial charge in [0.05, 0.1) is 0 Å². The minimum atomic E-state index is 1.05. The van der Waals surface area contributed by atoms with Gasteiger partial charge in [-0.05, 0) is 19.3 Å². The van der Waals surface area contributed by atoms with E-state index in [1.165, 1.54) is 0 Å². The Kier molecular flexibility index (Phi) is 4.19. The van der Waals surface area contributed by atoms with Crippen molar-refractivity contribution in [2.75, 3.05) is 0 Å². The van der Waals surface area contributed by atoms with E-state index in [1.807, 2.05) is 0 Å². The molecule has 0 atom stereocenters. The molecule has 0 saturated heterocycles. The van der Waals surface area contributed by atoms with Crippen LogP contribution in [0.15, 0.2) is 48.6 Å². The monoisotopic (exact) mass is 146 g/mol. The molecule has 0 aliphatic heterocycles. The zero-order chi connectivity index (χ0) is 7.78. The Hall–Kier alpha value is -1.04. The molecule has 0 nitrogen and oxygen atoms in total. The summed E-state index contributed by atoms with van der Waals surface area (Å²) in [5.41, 5.74) is 0. The summed E-state index contributed by atoms with van der Waals surface area (Å²) in [6.45, 7) is 0. The van der Waals surface area contributed by atoms with Crippen molar-refractivity contribution in [3.8, 4) is 0 Å². The first kappa shape index (κ1) is 8.06. The number of allylic oxidation sites excluding steroid dienone is 8. The fraction of sp³-hybridized carbons (Fsp3) is 0.273. The third-order valence-corrected chi connectivity index (χ3v) is 1.53. The number of rotatable bonds is 0. The molecule has 58 valence electrons. The largest absolute Gasteiger partial charge is 0.0844 e. The maximum Gasteiger partial charge on any atom is -0.0166 e. The van der Waals surface area contributed by atoms with Gasteiger partial charge in [0.1, 0.15) is 0 Å². The SMILES string of the molecule is C1=CC/C=C\C/C=C\C/C=C\1. The normalized spacial score (nSPS) is 26.9. The lowest BCUT2D eigenvalue weighted by Gasteiger charge is -1.80. The van der Waals surface area contributed by atoms with Crippen molar-refractivity contribution in [1.82, 2.24) is 0 Å². The van der Waals surface area contributed by atoms with E-state index in [1.54, 1.807) is 0 Å². The Bertz CT molecular complexity index is 170. The average Bonchev–Trinajstić information content (AvgIpc) is 2.08. The van der Waals surface area contributed by atoms with Crippen LogP contribution in [-0.2, 0) is 0 Å². The first-order valence-electron chi connectivity index (χ1n) is 4.12. The smallest absolute Gasteiger partial charge is 0.0166 e.